The van der Waals surface area contributed by atoms with Crippen LogP contribution in [0.4, 0.5) is 0 Å². The molecule has 76 valence electrons. The van der Waals surface area contributed by atoms with E-state index in [0.29, 0.717) is 13.2 Å². The molecular formula is C9H18N2O2. The summed E-state index contributed by atoms with van der Waals surface area (Å²) in [5, 5.41) is 2.94. The van der Waals surface area contributed by atoms with Gasteiger partial charge in [0.2, 0.25) is 5.91 Å². The van der Waals surface area contributed by atoms with Crippen LogP contribution in [0.2, 0.25) is 0 Å². The second kappa shape index (κ2) is 5.19. The van der Waals surface area contributed by atoms with Crippen molar-refractivity contribution in [1.29, 1.82) is 0 Å². The van der Waals surface area contributed by atoms with Crippen LogP contribution in [0.1, 0.15) is 12.8 Å². The Balaban J connectivity index is 2.18. The molecule has 1 heterocycles. The summed E-state index contributed by atoms with van der Waals surface area (Å²) in [6.45, 7) is 1.95. The Morgan fingerprint density at radius 2 is 2.38 bits per heavy atom. The number of likely N-dealkylation sites (N-methyl/N-ethyl adjacent to an activating group) is 1. The first-order chi connectivity index (χ1) is 6.18. The minimum atomic E-state index is 0.0838. The second-order valence-electron chi connectivity index (χ2n) is 3.72. The summed E-state index contributed by atoms with van der Waals surface area (Å²) in [6.07, 6.45) is 2.09. The van der Waals surface area contributed by atoms with E-state index in [-0.39, 0.29) is 11.9 Å². The number of hydrogen-bond donors (Lipinski definition) is 1. The fourth-order valence-electron chi connectivity index (χ4n) is 1.42. The first-order valence-electron chi connectivity index (χ1n) is 4.70. The van der Waals surface area contributed by atoms with Gasteiger partial charge in [-0.1, -0.05) is 0 Å². The maximum Gasteiger partial charge on any atom is 0.234 e. The van der Waals surface area contributed by atoms with Crippen LogP contribution >= 0.6 is 0 Å². The lowest BCUT2D eigenvalue weighted by Crippen LogP contribution is -2.44. The zero-order valence-electron chi connectivity index (χ0n) is 8.38. The van der Waals surface area contributed by atoms with E-state index in [2.05, 4.69) is 5.32 Å². The van der Waals surface area contributed by atoms with Crippen LogP contribution in [0.15, 0.2) is 0 Å². The van der Waals surface area contributed by atoms with Crippen LogP contribution in [-0.4, -0.2) is 50.7 Å². The SMILES string of the molecule is CN(C)CC(=O)NC1CCCOC1. The molecule has 4 nitrogen and oxygen atoms in total. The number of amides is 1. The summed E-state index contributed by atoms with van der Waals surface area (Å²) in [6, 6.07) is 0.223. The third kappa shape index (κ3) is 4.24. The molecule has 13 heavy (non-hydrogen) atoms. The Morgan fingerprint density at radius 1 is 1.62 bits per heavy atom. The lowest BCUT2D eigenvalue weighted by molar-refractivity contribution is -0.123. The van der Waals surface area contributed by atoms with Gasteiger partial charge < -0.3 is 15.0 Å². The van der Waals surface area contributed by atoms with Gasteiger partial charge in [0.15, 0.2) is 0 Å². The predicted octanol–water partition coefficient (Wildman–Crippen LogP) is -0.157. The molecule has 0 aromatic carbocycles. The van der Waals surface area contributed by atoms with Gasteiger partial charge in [-0.3, -0.25) is 4.79 Å². The van der Waals surface area contributed by atoms with Crippen LogP contribution in [0, 0.1) is 0 Å². The molecule has 1 rings (SSSR count). The van der Waals surface area contributed by atoms with Gasteiger partial charge in [-0.25, -0.2) is 0 Å². The Labute approximate surface area is 79.2 Å². The third-order valence-electron chi connectivity index (χ3n) is 1.99. The molecule has 0 aromatic rings. The summed E-state index contributed by atoms with van der Waals surface area (Å²) < 4.78 is 5.26. The van der Waals surface area contributed by atoms with E-state index in [0.717, 1.165) is 19.4 Å². The van der Waals surface area contributed by atoms with E-state index in [9.17, 15) is 4.79 Å². The lowest BCUT2D eigenvalue weighted by atomic mass is 10.1. The Morgan fingerprint density at radius 3 is 2.92 bits per heavy atom. The highest BCUT2D eigenvalue weighted by Gasteiger charge is 2.15. The quantitative estimate of drug-likeness (QED) is 0.666. The second-order valence-corrected chi connectivity index (χ2v) is 3.72. The zero-order valence-corrected chi connectivity index (χ0v) is 8.38. The summed E-state index contributed by atoms with van der Waals surface area (Å²) in [5.74, 6) is 0.0838. The van der Waals surface area contributed by atoms with Gasteiger partial charge >= 0.3 is 0 Å². The van der Waals surface area contributed by atoms with Crippen LogP contribution in [0.3, 0.4) is 0 Å². The molecule has 1 amide bonds. The molecule has 0 radical (unpaired) electrons. The van der Waals surface area contributed by atoms with Gasteiger partial charge in [0.25, 0.3) is 0 Å². The molecule has 1 aliphatic rings. The lowest BCUT2D eigenvalue weighted by Gasteiger charge is -2.23. The number of rotatable bonds is 3. The van der Waals surface area contributed by atoms with E-state index >= 15 is 0 Å². The summed E-state index contributed by atoms with van der Waals surface area (Å²) in [4.78, 5) is 13.2. The highest BCUT2D eigenvalue weighted by molar-refractivity contribution is 5.78. The minimum Gasteiger partial charge on any atom is -0.379 e. The zero-order chi connectivity index (χ0) is 9.68. The molecule has 0 spiro atoms. The largest absolute Gasteiger partial charge is 0.379 e. The molecule has 1 atom stereocenters. The molecule has 1 aliphatic heterocycles. The molecular weight excluding hydrogens is 168 g/mol. The summed E-state index contributed by atoms with van der Waals surface area (Å²) in [5.41, 5.74) is 0. The normalized spacial score (nSPS) is 23.2. The Bertz CT molecular complexity index is 165. The van der Waals surface area contributed by atoms with E-state index in [1.54, 1.807) is 0 Å². The van der Waals surface area contributed by atoms with Gasteiger partial charge in [-0.05, 0) is 26.9 Å². The van der Waals surface area contributed by atoms with Crippen molar-refractivity contribution in [3.05, 3.63) is 0 Å². The first kappa shape index (κ1) is 10.5. The van der Waals surface area contributed by atoms with Crippen LogP contribution in [-0.2, 0) is 9.53 Å². The van der Waals surface area contributed by atoms with Crippen LogP contribution < -0.4 is 5.32 Å². The number of hydrogen-bond acceptors (Lipinski definition) is 3. The highest BCUT2D eigenvalue weighted by atomic mass is 16.5. The molecule has 1 saturated heterocycles. The molecule has 0 bridgehead atoms. The molecule has 4 heteroatoms. The van der Waals surface area contributed by atoms with Crippen molar-refractivity contribution >= 4 is 5.91 Å². The van der Waals surface area contributed by atoms with E-state index in [1.807, 2.05) is 19.0 Å². The molecule has 1 fully saturated rings. The maximum absolute atomic E-state index is 11.3. The van der Waals surface area contributed by atoms with Crippen molar-refractivity contribution in [3.8, 4) is 0 Å². The summed E-state index contributed by atoms with van der Waals surface area (Å²) in [7, 11) is 3.77. The third-order valence-corrected chi connectivity index (χ3v) is 1.99. The molecule has 0 saturated carbocycles. The average molecular weight is 186 g/mol. The van der Waals surface area contributed by atoms with Gasteiger partial charge in [0, 0.05) is 6.61 Å². The van der Waals surface area contributed by atoms with Gasteiger partial charge in [-0.2, -0.15) is 0 Å². The van der Waals surface area contributed by atoms with Crippen molar-refractivity contribution in [1.82, 2.24) is 10.2 Å². The van der Waals surface area contributed by atoms with Crippen molar-refractivity contribution < 1.29 is 9.53 Å². The number of nitrogens with zero attached hydrogens (tertiary/aromatic N) is 1. The number of carbonyl (C=O) groups excluding carboxylic acids is 1. The fourth-order valence-corrected chi connectivity index (χ4v) is 1.42. The van der Waals surface area contributed by atoms with Crippen LogP contribution in [0.5, 0.6) is 0 Å². The number of ether oxygens (including phenoxy) is 1. The highest BCUT2D eigenvalue weighted by Crippen LogP contribution is 2.05. The molecule has 1 N–H and O–H groups in total. The van der Waals surface area contributed by atoms with Crippen molar-refractivity contribution in [2.75, 3.05) is 33.9 Å². The van der Waals surface area contributed by atoms with Crippen molar-refractivity contribution in [2.45, 2.75) is 18.9 Å². The first-order valence-corrected chi connectivity index (χ1v) is 4.70. The van der Waals surface area contributed by atoms with Crippen molar-refractivity contribution in [2.24, 2.45) is 0 Å². The average Bonchev–Trinajstić information content (AvgIpc) is 2.04. The number of nitrogens with one attached hydrogen (secondary N) is 1. The van der Waals surface area contributed by atoms with E-state index < -0.39 is 0 Å². The standard InChI is InChI=1S/C9H18N2O2/c1-11(2)6-9(12)10-8-4-3-5-13-7-8/h8H,3-7H2,1-2H3,(H,10,12). The Kier molecular flexibility index (Phi) is 4.18. The van der Waals surface area contributed by atoms with Crippen LogP contribution in [0.25, 0.3) is 0 Å². The van der Waals surface area contributed by atoms with Crippen molar-refractivity contribution in [3.63, 3.8) is 0 Å². The fraction of sp³-hybridized carbons (Fsp3) is 0.889. The monoisotopic (exact) mass is 186 g/mol. The topological polar surface area (TPSA) is 41.6 Å². The minimum absolute atomic E-state index is 0.0838. The number of carbonyl (C=O) groups is 1. The van der Waals surface area contributed by atoms with Gasteiger partial charge in [-0.15, -0.1) is 0 Å². The molecule has 0 aliphatic carbocycles. The maximum atomic E-state index is 11.3. The molecule has 0 aromatic heterocycles. The predicted molar refractivity (Wildman–Crippen MR) is 50.5 cm³/mol. The molecule has 1 unspecified atom stereocenters. The van der Waals surface area contributed by atoms with E-state index in [1.165, 1.54) is 0 Å². The van der Waals surface area contributed by atoms with Gasteiger partial charge in [0.05, 0.1) is 19.2 Å². The van der Waals surface area contributed by atoms with Gasteiger partial charge in [0.1, 0.15) is 0 Å². The summed E-state index contributed by atoms with van der Waals surface area (Å²) >= 11 is 0. The van der Waals surface area contributed by atoms with E-state index in [4.69, 9.17) is 4.74 Å². The smallest absolute Gasteiger partial charge is 0.234 e. The Hall–Kier alpha value is -0.610.